The number of methoxy groups -OCH3 is 1. The number of alkyl halides is 1. The van der Waals surface area contributed by atoms with Crippen molar-refractivity contribution in [3.05, 3.63) is 30.0 Å². The standard InChI is InChI=1S/C18H24BrN3O3/c1-9(2)15-14(19)16(22-21-15)18(23)20-10(3)13-8-11-6-5-7-12(24-4)17(11)25-13/h5-10,14-16,21-22H,1-4H3,(H,20,23). The van der Waals surface area contributed by atoms with Crippen LogP contribution in [0, 0.1) is 5.92 Å². The van der Waals surface area contributed by atoms with Crippen LogP contribution >= 0.6 is 15.9 Å². The van der Waals surface area contributed by atoms with E-state index in [2.05, 4.69) is 45.9 Å². The molecule has 1 amide bonds. The zero-order valence-corrected chi connectivity index (χ0v) is 16.4. The first kappa shape index (κ1) is 18.2. The predicted octanol–water partition coefficient (Wildman–Crippen LogP) is 2.88. The summed E-state index contributed by atoms with van der Waals surface area (Å²) in [5, 5.41) is 3.97. The molecule has 1 aliphatic rings. The van der Waals surface area contributed by atoms with Crippen LogP contribution in [0.5, 0.6) is 5.75 Å². The summed E-state index contributed by atoms with van der Waals surface area (Å²) in [5.41, 5.74) is 6.96. The Morgan fingerprint density at radius 2 is 2.08 bits per heavy atom. The third-order valence-electron chi connectivity index (χ3n) is 4.60. The van der Waals surface area contributed by atoms with Crippen molar-refractivity contribution in [2.75, 3.05) is 7.11 Å². The van der Waals surface area contributed by atoms with Gasteiger partial charge in [0.15, 0.2) is 11.3 Å². The molecule has 3 N–H and O–H groups in total. The number of fused-ring (bicyclic) bond motifs is 1. The van der Waals surface area contributed by atoms with E-state index in [-0.39, 0.29) is 28.9 Å². The first-order chi connectivity index (χ1) is 11.9. The summed E-state index contributed by atoms with van der Waals surface area (Å²) in [6, 6.07) is 7.28. The van der Waals surface area contributed by atoms with E-state index in [1.807, 2.05) is 31.2 Å². The summed E-state index contributed by atoms with van der Waals surface area (Å²) in [4.78, 5) is 12.7. The maximum Gasteiger partial charge on any atom is 0.240 e. The molecule has 1 saturated heterocycles. The van der Waals surface area contributed by atoms with Crippen LogP contribution in [0.15, 0.2) is 28.7 Å². The van der Waals surface area contributed by atoms with E-state index >= 15 is 0 Å². The summed E-state index contributed by atoms with van der Waals surface area (Å²) in [6.45, 7) is 6.16. The summed E-state index contributed by atoms with van der Waals surface area (Å²) in [6.07, 6.45) is 0. The molecule has 3 rings (SSSR count). The average molecular weight is 410 g/mol. The third kappa shape index (κ3) is 3.54. The topological polar surface area (TPSA) is 75.5 Å². The highest BCUT2D eigenvalue weighted by Gasteiger charge is 2.40. The molecule has 1 aromatic heterocycles. The van der Waals surface area contributed by atoms with Gasteiger partial charge in [0, 0.05) is 11.4 Å². The first-order valence-corrected chi connectivity index (χ1v) is 9.36. The molecular weight excluding hydrogens is 386 g/mol. The average Bonchev–Trinajstić information content (AvgIpc) is 3.17. The molecule has 6 nitrogen and oxygen atoms in total. The quantitative estimate of drug-likeness (QED) is 0.661. The van der Waals surface area contributed by atoms with Crippen LogP contribution in [0.25, 0.3) is 11.0 Å². The second kappa shape index (κ2) is 7.35. The van der Waals surface area contributed by atoms with Crippen molar-refractivity contribution < 1.29 is 13.9 Å². The summed E-state index contributed by atoms with van der Waals surface area (Å²) >= 11 is 3.64. The molecule has 0 radical (unpaired) electrons. The zero-order chi connectivity index (χ0) is 18.1. The highest BCUT2D eigenvalue weighted by molar-refractivity contribution is 9.09. The van der Waals surface area contributed by atoms with Gasteiger partial charge in [0.25, 0.3) is 0 Å². The smallest absolute Gasteiger partial charge is 0.240 e. The van der Waals surface area contributed by atoms with Crippen molar-refractivity contribution in [3.8, 4) is 5.75 Å². The molecule has 4 unspecified atom stereocenters. The Morgan fingerprint density at radius 1 is 1.32 bits per heavy atom. The number of carbonyl (C=O) groups is 1. The SMILES string of the molecule is COc1cccc2cc(C(C)NC(=O)C3NNC(C(C)C)C3Br)oc12. The maximum atomic E-state index is 12.6. The summed E-state index contributed by atoms with van der Waals surface area (Å²) < 4.78 is 11.2. The van der Waals surface area contributed by atoms with Gasteiger partial charge in [-0.25, -0.2) is 5.43 Å². The Labute approximate surface area is 155 Å². The first-order valence-electron chi connectivity index (χ1n) is 8.44. The highest BCUT2D eigenvalue weighted by Crippen LogP contribution is 2.31. The Bertz CT molecular complexity index is 761. The molecule has 4 atom stereocenters. The molecule has 0 bridgehead atoms. The van der Waals surface area contributed by atoms with E-state index < -0.39 is 0 Å². The van der Waals surface area contributed by atoms with Crippen LogP contribution in [0.4, 0.5) is 0 Å². The lowest BCUT2D eigenvalue weighted by atomic mass is 9.99. The molecule has 0 spiro atoms. The van der Waals surface area contributed by atoms with Crippen LogP contribution in [0.1, 0.15) is 32.6 Å². The molecule has 2 aromatic rings. The Balaban J connectivity index is 1.72. The fraction of sp³-hybridized carbons (Fsp3) is 0.500. The summed E-state index contributed by atoms with van der Waals surface area (Å²) in [7, 11) is 1.61. The number of hydrogen-bond acceptors (Lipinski definition) is 5. The molecule has 25 heavy (non-hydrogen) atoms. The van der Waals surface area contributed by atoms with Gasteiger partial charge in [0.1, 0.15) is 11.8 Å². The molecule has 1 fully saturated rings. The van der Waals surface area contributed by atoms with E-state index in [1.165, 1.54) is 0 Å². The fourth-order valence-electron chi connectivity index (χ4n) is 3.10. The zero-order valence-electron chi connectivity index (χ0n) is 14.8. The number of amides is 1. The maximum absolute atomic E-state index is 12.6. The molecule has 1 aliphatic heterocycles. The van der Waals surface area contributed by atoms with Crippen molar-refractivity contribution in [3.63, 3.8) is 0 Å². The molecule has 7 heteroatoms. The van der Waals surface area contributed by atoms with Gasteiger partial charge in [0.05, 0.1) is 18.0 Å². The number of rotatable bonds is 5. The number of furan rings is 1. The lowest BCUT2D eigenvalue weighted by Crippen LogP contribution is -2.46. The van der Waals surface area contributed by atoms with E-state index in [0.29, 0.717) is 23.0 Å². The van der Waals surface area contributed by atoms with Crippen molar-refractivity contribution in [1.82, 2.24) is 16.2 Å². The predicted molar refractivity (Wildman–Crippen MR) is 101 cm³/mol. The second-order valence-corrected chi connectivity index (χ2v) is 7.80. The van der Waals surface area contributed by atoms with E-state index in [1.54, 1.807) is 7.11 Å². The van der Waals surface area contributed by atoms with E-state index in [4.69, 9.17) is 9.15 Å². The van der Waals surface area contributed by atoms with Gasteiger partial charge in [-0.15, -0.1) is 0 Å². The van der Waals surface area contributed by atoms with Crippen molar-refractivity contribution in [2.24, 2.45) is 5.92 Å². The highest BCUT2D eigenvalue weighted by atomic mass is 79.9. The van der Waals surface area contributed by atoms with Crippen LogP contribution in [0.2, 0.25) is 0 Å². The normalized spacial score (nSPS) is 24.6. The number of hydrogen-bond donors (Lipinski definition) is 3. The molecule has 0 aliphatic carbocycles. The monoisotopic (exact) mass is 409 g/mol. The molecule has 0 saturated carbocycles. The van der Waals surface area contributed by atoms with Crippen molar-refractivity contribution in [2.45, 2.75) is 43.7 Å². The van der Waals surface area contributed by atoms with Gasteiger partial charge in [-0.2, -0.15) is 0 Å². The van der Waals surface area contributed by atoms with Crippen LogP contribution in [-0.2, 0) is 4.79 Å². The number of benzene rings is 1. The lowest BCUT2D eigenvalue weighted by molar-refractivity contribution is -0.123. The number of ether oxygens (including phenoxy) is 1. The minimum absolute atomic E-state index is 0.0236. The van der Waals surface area contributed by atoms with Gasteiger partial charge < -0.3 is 14.5 Å². The Hall–Kier alpha value is -1.57. The van der Waals surface area contributed by atoms with Gasteiger partial charge >= 0.3 is 0 Å². The van der Waals surface area contributed by atoms with Crippen LogP contribution < -0.4 is 20.9 Å². The lowest BCUT2D eigenvalue weighted by Gasteiger charge is -2.20. The Morgan fingerprint density at radius 3 is 2.72 bits per heavy atom. The number of halogens is 1. The van der Waals surface area contributed by atoms with Gasteiger partial charge in [-0.3, -0.25) is 10.2 Å². The van der Waals surface area contributed by atoms with Crippen molar-refractivity contribution >= 4 is 32.8 Å². The number of nitrogens with one attached hydrogen (secondary N) is 3. The minimum Gasteiger partial charge on any atom is -0.493 e. The number of para-hydroxylation sites is 1. The molecular formula is C18H24BrN3O3. The summed E-state index contributed by atoms with van der Waals surface area (Å²) in [5.74, 6) is 1.72. The molecule has 136 valence electrons. The van der Waals surface area contributed by atoms with Crippen LogP contribution in [-0.4, -0.2) is 29.9 Å². The van der Waals surface area contributed by atoms with Crippen LogP contribution in [0.3, 0.4) is 0 Å². The van der Waals surface area contributed by atoms with Crippen molar-refractivity contribution in [1.29, 1.82) is 0 Å². The van der Waals surface area contributed by atoms with E-state index in [0.717, 1.165) is 5.39 Å². The fourth-order valence-corrected chi connectivity index (χ4v) is 4.22. The second-order valence-electron chi connectivity index (χ2n) is 6.74. The van der Waals surface area contributed by atoms with E-state index in [9.17, 15) is 4.79 Å². The molecule has 1 aromatic carbocycles. The van der Waals surface area contributed by atoms with Gasteiger partial charge in [-0.05, 0) is 25.0 Å². The number of carbonyl (C=O) groups excluding carboxylic acids is 1. The minimum atomic E-state index is -0.339. The largest absolute Gasteiger partial charge is 0.493 e. The molecule has 2 heterocycles. The number of hydrazine groups is 1. The van der Waals surface area contributed by atoms with Gasteiger partial charge in [-0.1, -0.05) is 41.9 Å². The van der Waals surface area contributed by atoms with Gasteiger partial charge in [0.2, 0.25) is 5.91 Å². The third-order valence-corrected chi connectivity index (χ3v) is 5.70. The Kier molecular flexibility index (Phi) is 5.36.